The van der Waals surface area contributed by atoms with Crippen molar-refractivity contribution in [3.63, 3.8) is 0 Å². The maximum atomic E-state index is 13.6. The lowest BCUT2D eigenvalue weighted by Crippen LogP contribution is -2.59. The summed E-state index contributed by atoms with van der Waals surface area (Å²) in [6.45, 7) is 3.44. The second-order valence-corrected chi connectivity index (χ2v) is 12.6. The molecule has 0 bridgehead atoms. The third-order valence-electron chi connectivity index (χ3n) is 8.20. The standard InChI is InChI=1S/C33H67N11O6/c1-2-3-4-5-6-17-28(45)40-24(13-8-19-35)30(47)42-26(15-10-21-37)32(49)44-27(16-11-22-38)33(50)43-25(14-9-20-36)31(48)41-23(29(39)46)12-7-18-34/h23-27H,2-22,34-38H2,1H3,(H2,39,46)(H,40,45)(H,41,48)(H,42,47)(H,43,50)(H,44,49). The number of carbonyl (C=O) groups is 6. The molecule has 0 aliphatic rings. The minimum absolute atomic E-state index is 0.144. The Balaban J connectivity index is 5.86. The number of hydrogen-bond acceptors (Lipinski definition) is 11. The van der Waals surface area contributed by atoms with Crippen molar-refractivity contribution in [2.75, 3.05) is 32.7 Å². The van der Waals surface area contributed by atoms with Crippen LogP contribution in [0.25, 0.3) is 0 Å². The Hall–Kier alpha value is -3.38. The first-order valence-electron chi connectivity index (χ1n) is 18.3. The molecule has 5 unspecified atom stereocenters. The van der Waals surface area contributed by atoms with E-state index in [4.69, 9.17) is 34.4 Å². The van der Waals surface area contributed by atoms with Gasteiger partial charge in [-0.2, -0.15) is 0 Å². The van der Waals surface area contributed by atoms with E-state index in [9.17, 15) is 28.8 Å². The molecule has 0 aromatic carbocycles. The number of hydrogen-bond donors (Lipinski definition) is 11. The Kier molecular flexibility index (Phi) is 27.4. The van der Waals surface area contributed by atoms with E-state index < -0.39 is 59.7 Å². The second-order valence-electron chi connectivity index (χ2n) is 12.6. The SMILES string of the molecule is CCCCCCCC(=O)NC(CCCN)C(=O)NC(CCCN)C(=O)NC(CCCN)C(=O)NC(CCCN)C(=O)NC(CCCN)C(N)=O. The average molecular weight is 714 g/mol. The van der Waals surface area contributed by atoms with E-state index in [1.54, 1.807) is 0 Å². The van der Waals surface area contributed by atoms with Gasteiger partial charge in [0.05, 0.1) is 0 Å². The summed E-state index contributed by atoms with van der Waals surface area (Å²) in [4.78, 5) is 78.4. The van der Waals surface area contributed by atoms with Crippen LogP contribution in [0.4, 0.5) is 0 Å². The summed E-state index contributed by atoms with van der Waals surface area (Å²) in [6.07, 6.45) is 8.20. The lowest BCUT2D eigenvalue weighted by molar-refractivity contribution is -0.135. The van der Waals surface area contributed by atoms with Crippen LogP contribution in [0.5, 0.6) is 0 Å². The lowest BCUT2D eigenvalue weighted by atomic mass is 10.0. The first kappa shape index (κ1) is 46.6. The van der Waals surface area contributed by atoms with Crippen LogP contribution in [0.2, 0.25) is 0 Å². The van der Waals surface area contributed by atoms with Gasteiger partial charge in [-0.25, -0.2) is 0 Å². The quantitative estimate of drug-likeness (QED) is 0.0347. The number of rotatable bonds is 31. The van der Waals surface area contributed by atoms with Crippen LogP contribution in [-0.4, -0.2) is 98.4 Å². The molecule has 0 saturated carbocycles. The summed E-state index contributed by atoms with van der Waals surface area (Å²) in [5.74, 6) is -3.46. The first-order valence-corrected chi connectivity index (χ1v) is 18.3. The van der Waals surface area contributed by atoms with Gasteiger partial charge in [0.25, 0.3) is 0 Å². The van der Waals surface area contributed by atoms with E-state index >= 15 is 0 Å². The van der Waals surface area contributed by atoms with Crippen molar-refractivity contribution in [1.29, 1.82) is 0 Å². The Morgan fingerprint density at radius 3 is 1.04 bits per heavy atom. The van der Waals surface area contributed by atoms with E-state index in [1.807, 2.05) is 0 Å². The monoisotopic (exact) mass is 714 g/mol. The van der Waals surface area contributed by atoms with Crippen LogP contribution >= 0.6 is 0 Å². The molecule has 17 nitrogen and oxygen atoms in total. The van der Waals surface area contributed by atoms with Crippen molar-refractivity contribution < 1.29 is 28.8 Å². The lowest BCUT2D eigenvalue weighted by Gasteiger charge is -2.27. The third kappa shape index (κ3) is 21.0. The highest BCUT2D eigenvalue weighted by Crippen LogP contribution is 2.09. The Morgan fingerprint density at radius 2 is 0.720 bits per heavy atom. The maximum absolute atomic E-state index is 13.6. The third-order valence-corrected chi connectivity index (χ3v) is 8.20. The molecule has 0 spiro atoms. The number of nitrogens with two attached hydrogens (primary N) is 6. The number of carbonyl (C=O) groups excluding carboxylic acids is 6. The molecule has 0 fully saturated rings. The molecule has 17 N–H and O–H groups in total. The fourth-order valence-corrected chi connectivity index (χ4v) is 5.22. The molecular weight excluding hydrogens is 646 g/mol. The number of amides is 6. The van der Waals surface area contributed by atoms with Gasteiger partial charge in [0.1, 0.15) is 30.2 Å². The molecule has 0 aromatic rings. The Labute approximate surface area is 297 Å². The Bertz CT molecular complexity index is 1000. The largest absolute Gasteiger partial charge is 0.368 e. The van der Waals surface area contributed by atoms with Gasteiger partial charge >= 0.3 is 0 Å². The van der Waals surface area contributed by atoms with Gasteiger partial charge in [0, 0.05) is 6.42 Å². The number of primary amides is 1. The molecule has 0 rings (SSSR count). The van der Waals surface area contributed by atoms with E-state index in [0.29, 0.717) is 51.6 Å². The highest BCUT2D eigenvalue weighted by molar-refractivity contribution is 5.96. The van der Waals surface area contributed by atoms with Gasteiger partial charge in [-0.05, 0) is 103 Å². The molecule has 5 atom stereocenters. The fraction of sp³-hybridized carbons (Fsp3) is 0.818. The molecule has 0 aliphatic heterocycles. The summed E-state index contributed by atoms with van der Waals surface area (Å²) < 4.78 is 0. The minimum atomic E-state index is -1.11. The van der Waals surface area contributed by atoms with Crippen molar-refractivity contribution in [3.05, 3.63) is 0 Å². The molecule has 6 amide bonds. The molecule has 0 aliphatic carbocycles. The van der Waals surface area contributed by atoms with Crippen molar-refractivity contribution in [2.45, 2.75) is 140 Å². The molecular formula is C33H67N11O6. The van der Waals surface area contributed by atoms with E-state index in [-0.39, 0.29) is 64.1 Å². The minimum Gasteiger partial charge on any atom is -0.368 e. The van der Waals surface area contributed by atoms with E-state index in [2.05, 4.69) is 33.5 Å². The van der Waals surface area contributed by atoms with Crippen molar-refractivity contribution in [1.82, 2.24) is 26.6 Å². The predicted molar refractivity (Wildman–Crippen MR) is 194 cm³/mol. The highest BCUT2D eigenvalue weighted by atomic mass is 16.2. The zero-order valence-electron chi connectivity index (χ0n) is 30.1. The summed E-state index contributed by atoms with van der Waals surface area (Å²) in [7, 11) is 0. The zero-order chi connectivity index (χ0) is 37.7. The highest BCUT2D eigenvalue weighted by Gasteiger charge is 2.31. The number of unbranched alkanes of at least 4 members (excludes halogenated alkanes) is 4. The van der Waals surface area contributed by atoms with Crippen molar-refractivity contribution >= 4 is 35.4 Å². The predicted octanol–water partition coefficient (Wildman–Crippen LogP) is -2.05. The molecule has 290 valence electrons. The topological polar surface area (TPSA) is 319 Å². The molecule has 0 radical (unpaired) electrons. The molecule has 0 saturated heterocycles. The van der Waals surface area contributed by atoms with E-state index in [1.165, 1.54) is 0 Å². The van der Waals surface area contributed by atoms with E-state index in [0.717, 1.165) is 25.7 Å². The van der Waals surface area contributed by atoms with Crippen LogP contribution in [0.3, 0.4) is 0 Å². The molecule has 0 heterocycles. The van der Waals surface area contributed by atoms with Gasteiger partial charge < -0.3 is 61.0 Å². The molecule has 50 heavy (non-hydrogen) atoms. The van der Waals surface area contributed by atoms with Gasteiger partial charge in [0.2, 0.25) is 35.4 Å². The van der Waals surface area contributed by atoms with Gasteiger partial charge in [-0.15, -0.1) is 0 Å². The summed E-state index contributed by atoms with van der Waals surface area (Å²) in [6, 6.07) is -5.13. The Morgan fingerprint density at radius 1 is 0.420 bits per heavy atom. The summed E-state index contributed by atoms with van der Waals surface area (Å²) in [5, 5.41) is 13.5. The normalized spacial score (nSPS) is 14.0. The summed E-state index contributed by atoms with van der Waals surface area (Å²) >= 11 is 0. The van der Waals surface area contributed by atoms with Crippen LogP contribution in [0.15, 0.2) is 0 Å². The van der Waals surface area contributed by atoms with Gasteiger partial charge in [0.15, 0.2) is 0 Å². The van der Waals surface area contributed by atoms with Gasteiger partial charge in [-0.3, -0.25) is 28.8 Å². The van der Waals surface area contributed by atoms with Crippen LogP contribution < -0.4 is 61.0 Å². The molecule has 0 aromatic heterocycles. The van der Waals surface area contributed by atoms with Crippen molar-refractivity contribution in [2.24, 2.45) is 34.4 Å². The average Bonchev–Trinajstić information content (AvgIpc) is 3.09. The van der Waals surface area contributed by atoms with Crippen molar-refractivity contribution in [3.8, 4) is 0 Å². The fourth-order valence-electron chi connectivity index (χ4n) is 5.22. The summed E-state index contributed by atoms with van der Waals surface area (Å²) in [5.41, 5.74) is 33.8. The number of nitrogens with one attached hydrogen (secondary N) is 5. The molecule has 17 heteroatoms. The van der Waals surface area contributed by atoms with Crippen LogP contribution in [0, 0.1) is 0 Å². The second kappa shape index (κ2) is 29.4. The van der Waals surface area contributed by atoms with Gasteiger partial charge in [-0.1, -0.05) is 32.6 Å². The van der Waals surface area contributed by atoms with Crippen LogP contribution in [0.1, 0.15) is 110 Å². The maximum Gasteiger partial charge on any atom is 0.243 e. The zero-order valence-corrected chi connectivity index (χ0v) is 30.1. The smallest absolute Gasteiger partial charge is 0.243 e. The first-order chi connectivity index (χ1) is 24.0. The van der Waals surface area contributed by atoms with Crippen LogP contribution in [-0.2, 0) is 28.8 Å².